The molecule has 0 spiro atoms. The second-order valence-electron chi connectivity index (χ2n) is 9.97. The Balaban J connectivity index is 1.53. The average molecular weight is 613 g/mol. The second kappa shape index (κ2) is 12.8. The van der Waals surface area contributed by atoms with E-state index in [0.29, 0.717) is 28.8 Å². The van der Waals surface area contributed by atoms with Gasteiger partial charge in [0, 0.05) is 42.3 Å². The number of hydrogen-bond donors (Lipinski definition) is 2. The summed E-state index contributed by atoms with van der Waals surface area (Å²) in [6, 6.07) is 4.68. The van der Waals surface area contributed by atoms with Crippen LogP contribution in [0, 0.1) is 0 Å². The number of rotatable bonds is 9. The molecule has 3 aromatic rings. The fourth-order valence-electron chi connectivity index (χ4n) is 5.27. The molecule has 1 aliphatic heterocycles. The molecular weight excluding hydrogens is 581 g/mol. The molecule has 2 N–H and O–H groups in total. The summed E-state index contributed by atoms with van der Waals surface area (Å²) in [6.45, 7) is 3.85. The van der Waals surface area contributed by atoms with E-state index in [1.165, 1.54) is 25.2 Å². The van der Waals surface area contributed by atoms with Gasteiger partial charge in [0.25, 0.3) is 0 Å². The molecule has 1 aromatic carbocycles. The summed E-state index contributed by atoms with van der Waals surface area (Å²) < 4.78 is 10.9. The summed E-state index contributed by atoms with van der Waals surface area (Å²) >= 11 is 13.4. The van der Waals surface area contributed by atoms with Gasteiger partial charge in [0.05, 0.1) is 33.0 Å². The van der Waals surface area contributed by atoms with Crippen molar-refractivity contribution in [3.8, 4) is 11.5 Å². The van der Waals surface area contributed by atoms with Crippen LogP contribution in [-0.4, -0.2) is 53.2 Å². The van der Waals surface area contributed by atoms with Gasteiger partial charge in [-0.05, 0) is 30.5 Å². The number of halogens is 2. The third-order valence-electron chi connectivity index (χ3n) is 7.37. The Labute approximate surface area is 253 Å². The summed E-state index contributed by atoms with van der Waals surface area (Å²) in [7, 11) is 2.95. The normalized spacial score (nSPS) is 18.2. The van der Waals surface area contributed by atoms with E-state index in [-0.39, 0.29) is 46.8 Å². The summed E-state index contributed by atoms with van der Waals surface area (Å²) in [6.07, 6.45) is 9.99. The number of anilines is 3. The van der Waals surface area contributed by atoms with Gasteiger partial charge < -0.3 is 20.1 Å². The number of carbonyl (C=O) groups is 2. The Hall–Kier alpha value is -4.09. The third kappa shape index (κ3) is 5.93. The minimum atomic E-state index is -0.399. The molecule has 0 radical (unpaired) electrons. The lowest BCUT2D eigenvalue weighted by Crippen LogP contribution is -2.49. The van der Waals surface area contributed by atoms with Crippen LogP contribution < -0.4 is 29.9 Å². The molecule has 2 atom stereocenters. The van der Waals surface area contributed by atoms with E-state index in [9.17, 15) is 9.59 Å². The highest BCUT2D eigenvalue weighted by Gasteiger charge is 2.37. The Kier molecular flexibility index (Phi) is 8.98. The van der Waals surface area contributed by atoms with E-state index in [4.69, 9.17) is 37.7 Å². The zero-order chi connectivity index (χ0) is 29.8. The Morgan fingerprint density at radius 2 is 1.86 bits per heavy atom. The quantitative estimate of drug-likeness (QED) is 0.310. The highest BCUT2D eigenvalue weighted by atomic mass is 35.5. The van der Waals surface area contributed by atoms with Gasteiger partial charge in [-0.3, -0.25) is 19.6 Å². The number of benzene rings is 1. The van der Waals surface area contributed by atoms with Crippen LogP contribution in [0.5, 0.6) is 11.5 Å². The van der Waals surface area contributed by atoms with Crippen molar-refractivity contribution in [3.05, 3.63) is 70.6 Å². The summed E-state index contributed by atoms with van der Waals surface area (Å²) in [4.78, 5) is 42.8. The number of fused-ring (bicyclic) bond motifs is 1. The van der Waals surface area contributed by atoms with Crippen molar-refractivity contribution in [2.24, 2.45) is 0 Å². The highest BCUT2D eigenvalue weighted by molar-refractivity contribution is 6.42. The zero-order valence-electron chi connectivity index (χ0n) is 23.3. The lowest BCUT2D eigenvalue weighted by molar-refractivity contribution is -0.117. The van der Waals surface area contributed by atoms with E-state index < -0.39 is 6.03 Å². The Morgan fingerprint density at radius 1 is 1.14 bits per heavy atom. The molecule has 0 bridgehead atoms. The number of pyridine rings is 1. The molecule has 5 rings (SSSR count). The number of carbonyl (C=O) groups excluding carboxylic acids is 2. The molecule has 3 amide bonds. The Morgan fingerprint density at radius 3 is 2.50 bits per heavy atom. The van der Waals surface area contributed by atoms with Crippen LogP contribution in [0.2, 0.25) is 10.0 Å². The molecule has 42 heavy (non-hydrogen) atoms. The van der Waals surface area contributed by atoms with Gasteiger partial charge in [0.15, 0.2) is 0 Å². The predicted octanol–water partition coefficient (Wildman–Crippen LogP) is 5.37. The minimum absolute atomic E-state index is 0.0786. The first-order valence-electron chi connectivity index (χ1n) is 13.5. The van der Waals surface area contributed by atoms with Crippen LogP contribution in [0.1, 0.15) is 36.8 Å². The van der Waals surface area contributed by atoms with Crippen LogP contribution in [0.15, 0.2) is 49.4 Å². The van der Waals surface area contributed by atoms with Crippen molar-refractivity contribution in [1.82, 2.24) is 20.3 Å². The van der Waals surface area contributed by atoms with Crippen molar-refractivity contribution >= 4 is 52.6 Å². The van der Waals surface area contributed by atoms with Crippen molar-refractivity contribution < 1.29 is 19.1 Å². The zero-order valence-corrected chi connectivity index (χ0v) is 24.8. The number of methoxy groups -OCH3 is 2. The maximum Gasteiger partial charge on any atom is 0.330 e. The Bertz CT molecular complexity index is 1460. The lowest BCUT2D eigenvalue weighted by Gasteiger charge is -2.37. The molecule has 2 aliphatic rings. The summed E-state index contributed by atoms with van der Waals surface area (Å²) in [5, 5.41) is 6.74. The maximum atomic E-state index is 14.2. The van der Waals surface area contributed by atoms with Crippen LogP contribution in [0.25, 0.3) is 0 Å². The van der Waals surface area contributed by atoms with Crippen molar-refractivity contribution in [2.45, 2.75) is 50.9 Å². The highest BCUT2D eigenvalue weighted by Crippen LogP contribution is 2.48. The van der Waals surface area contributed by atoms with E-state index in [1.54, 1.807) is 35.6 Å². The largest absolute Gasteiger partial charge is 0.495 e. The third-order valence-corrected chi connectivity index (χ3v) is 8.10. The first-order valence-corrected chi connectivity index (χ1v) is 14.2. The summed E-state index contributed by atoms with van der Waals surface area (Å²) in [5.74, 6) is 1.20. The number of amides is 3. The van der Waals surface area contributed by atoms with E-state index >= 15 is 0 Å². The fraction of sp³-hybridized carbons (Fsp3) is 0.345. The van der Waals surface area contributed by atoms with Crippen molar-refractivity contribution in [3.63, 3.8) is 0 Å². The number of ether oxygens (including phenoxy) is 2. The molecule has 1 saturated carbocycles. The standard InChI is InChI=1S/C29H31Cl2N7O4/c1-4-23(39)34-19-9-5-6-10-20(19)35-28-33-14-18-16-37(26-24(30)21(41-2)12-22(42-3)25(26)31)29(40)38(27(18)36-28)15-17-8-7-11-32-13-17/h4,7-8,11-14,19-20H,1,5-6,9-10,15-16H2,2-3H3,(H,34,39)(H,33,35,36). The van der Waals surface area contributed by atoms with Crippen LogP contribution in [0.3, 0.4) is 0 Å². The van der Waals surface area contributed by atoms with Gasteiger partial charge in [0.1, 0.15) is 27.4 Å². The SMILES string of the molecule is C=CC(=O)NC1CCCCC1Nc1ncc2c(n1)N(Cc1cccnc1)C(=O)N(c1c(Cl)c(OC)cc(OC)c1Cl)C2. The van der Waals surface area contributed by atoms with Crippen LogP contribution >= 0.6 is 23.2 Å². The van der Waals surface area contributed by atoms with Gasteiger partial charge in [-0.15, -0.1) is 0 Å². The fourth-order valence-corrected chi connectivity index (χ4v) is 5.98. The lowest BCUT2D eigenvalue weighted by atomic mass is 9.90. The molecule has 2 aromatic heterocycles. The van der Waals surface area contributed by atoms with Crippen LogP contribution in [-0.2, 0) is 17.9 Å². The number of nitrogens with zero attached hydrogens (tertiary/aromatic N) is 5. The van der Waals surface area contributed by atoms with E-state index in [0.717, 1.165) is 31.2 Å². The van der Waals surface area contributed by atoms with Crippen molar-refractivity contribution in [2.75, 3.05) is 29.3 Å². The maximum absolute atomic E-state index is 14.2. The molecule has 1 fully saturated rings. The van der Waals surface area contributed by atoms with Crippen molar-refractivity contribution in [1.29, 1.82) is 0 Å². The predicted molar refractivity (Wildman–Crippen MR) is 162 cm³/mol. The molecule has 3 heterocycles. The van der Waals surface area contributed by atoms with Crippen LogP contribution in [0.4, 0.5) is 22.2 Å². The van der Waals surface area contributed by atoms with Gasteiger partial charge in [0.2, 0.25) is 11.9 Å². The van der Waals surface area contributed by atoms with E-state index in [2.05, 4.69) is 27.2 Å². The number of hydrogen-bond acceptors (Lipinski definition) is 8. The second-order valence-corrected chi connectivity index (χ2v) is 10.7. The smallest absolute Gasteiger partial charge is 0.330 e. The number of nitrogens with one attached hydrogen (secondary N) is 2. The molecule has 1 aliphatic carbocycles. The first-order chi connectivity index (χ1) is 20.3. The number of urea groups is 1. The topological polar surface area (TPSA) is 122 Å². The van der Waals surface area contributed by atoms with Gasteiger partial charge >= 0.3 is 6.03 Å². The average Bonchev–Trinajstić information content (AvgIpc) is 3.01. The molecule has 0 saturated heterocycles. The van der Waals surface area contributed by atoms with Gasteiger partial charge in [-0.2, -0.15) is 4.98 Å². The molecule has 220 valence electrons. The molecule has 2 unspecified atom stereocenters. The monoisotopic (exact) mass is 611 g/mol. The molecule has 11 nitrogen and oxygen atoms in total. The van der Waals surface area contributed by atoms with E-state index in [1.807, 2.05) is 6.07 Å². The minimum Gasteiger partial charge on any atom is -0.495 e. The van der Waals surface area contributed by atoms with Gasteiger partial charge in [-0.25, -0.2) is 9.78 Å². The summed E-state index contributed by atoms with van der Waals surface area (Å²) in [5.41, 5.74) is 1.73. The molecular formula is C29H31Cl2N7O4. The molecule has 13 heteroatoms. The number of aromatic nitrogens is 3. The van der Waals surface area contributed by atoms with Gasteiger partial charge in [-0.1, -0.05) is 48.7 Å². The first kappa shape index (κ1) is 29.4.